The van der Waals surface area contributed by atoms with Crippen LogP contribution < -0.4 is 5.73 Å². The molecule has 2 aromatic rings. The summed E-state index contributed by atoms with van der Waals surface area (Å²) in [6.45, 7) is 1.94. The van der Waals surface area contributed by atoms with Gasteiger partial charge in [-0.2, -0.15) is 0 Å². The number of hydrogen-bond donors (Lipinski definition) is 1. The molecule has 2 heterocycles. The van der Waals surface area contributed by atoms with E-state index in [2.05, 4.69) is 9.97 Å². The molecule has 2 rings (SSSR count). The van der Waals surface area contributed by atoms with Crippen molar-refractivity contribution in [1.29, 1.82) is 0 Å². The molecule has 0 fully saturated rings. The maximum absolute atomic E-state index is 5.79. The van der Waals surface area contributed by atoms with E-state index in [4.69, 9.17) is 17.3 Å². The summed E-state index contributed by atoms with van der Waals surface area (Å²) in [5, 5.41) is 1.74. The fourth-order valence-corrected chi connectivity index (χ4v) is 2.76. The molecule has 0 bridgehead atoms. The van der Waals surface area contributed by atoms with Gasteiger partial charge in [-0.25, -0.2) is 9.97 Å². The molecular weight excluding hydrogens is 238 g/mol. The summed E-state index contributed by atoms with van der Waals surface area (Å²) in [6.07, 6.45) is 3.43. The van der Waals surface area contributed by atoms with E-state index in [0.717, 1.165) is 14.9 Å². The molecule has 6 heteroatoms. The van der Waals surface area contributed by atoms with Crippen LogP contribution in [0.15, 0.2) is 12.4 Å². The van der Waals surface area contributed by atoms with Gasteiger partial charge in [-0.15, -0.1) is 11.3 Å². The maximum Gasteiger partial charge on any atom is 0.153 e. The van der Waals surface area contributed by atoms with Crippen LogP contribution in [0.1, 0.15) is 17.8 Å². The van der Waals surface area contributed by atoms with Crippen molar-refractivity contribution in [1.82, 2.24) is 9.97 Å². The SMILES string of the molecule is CC(N)c1cnc(-c2ncc(Cl)s2)s1. The zero-order chi connectivity index (χ0) is 10.1. The zero-order valence-electron chi connectivity index (χ0n) is 7.40. The topological polar surface area (TPSA) is 51.8 Å². The lowest BCUT2D eigenvalue weighted by Gasteiger charge is -1.96. The molecule has 0 aromatic carbocycles. The number of halogens is 1. The van der Waals surface area contributed by atoms with Crippen molar-refractivity contribution >= 4 is 34.3 Å². The van der Waals surface area contributed by atoms with E-state index in [-0.39, 0.29) is 6.04 Å². The van der Waals surface area contributed by atoms with Crippen molar-refractivity contribution in [2.24, 2.45) is 5.73 Å². The summed E-state index contributed by atoms with van der Waals surface area (Å²) < 4.78 is 0.678. The molecule has 1 atom stereocenters. The minimum atomic E-state index is 0.0247. The third-order valence-electron chi connectivity index (χ3n) is 1.63. The second-order valence-corrected chi connectivity index (χ2v) is 5.55. The number of thiazole rings is 2. The van der Waals surface area contributed by atoms with Crippen LogP contribution in [-0.2, 0) is 0 Å². The molecule has 0 aliphatic carbocycles. The third-order valence-corrected chi connectivity index (χ3v) is 4.09. The van der Waals surface area contributed by atoms with Crippen molar-refractivity contribution in [3.63, 3.8) is 0 Å². The van der Waals surface area contributed by atoms with Crippen molar-refractivity contribution in [3.8, 4) is 10.0 Å². The Labute approximate surface area is 94.6 Å². The van der Waals surface area contributed by atoms with Gasteiger partial charge in [-0.05, 0) is 6.92 Å². The minimum absolute atomic E-state index is 0.0247. The Balaban J connectivity index is 2.33. The van der Waals surface area contributed by atoms with Gasteiger partial charge in [0, 0.05) is 17.1 Å². The number of rotatable bonds is 2. The van der Waals surface area contributed by atoms with E-state index in [1.165, 1.54) is 11.3 Å². The number of nitrogens with two attached hydrogens (primary N) is 1. The quantitative estimate of drug-likeness (QED) is 0.885. The number of aromatic nitrogens is 2. The Morgan fingerprint density at radius 3 is 2.43 bits per heavy atom. The van der Waals surface area contributed by atoms with Crippen LogP contribution in [0.5, 0.6) is 0 Å². The van der Waals surface area contributed by atoms with Crippen LogP contribution in [0, 0.1) is 0 Å². The van der Waals surface area contributed by atoms with Crippen LogP contribution in [0.2, 0.25) is 4.34 Å². The first-order valence-corrected chi connectivity index (χ1v) is 6.01. The second-order valence-electron chi connectivity index (χ2n) is 2.83. The lowest BCUT2D eigenvalue weighted by molar-refractivity contribution is 0.835. The maximum atomic E-state index is 5.79. The van der Waals surface area contributed by atoms with Crippen LogP contribution >= 0.6 is 34.3 Å². The Morgan fingerprint density at radius 1 is 1.29 bits per heavy atom. The van der Waals surface area contributed by atoms with E-state index in [1.54, 1.807) is 23.7 Å². The molecule has 0 amide bonds. The standard InChI is InChI=1S/C8H8ClN3S2/c1-4(10)5-2-11-7(13-5)8-12-3-6(9)14-8/h2-4H,10H2,1H3. The average molecular weight is 246 g/mol. The van der Waals surface area contributed by atoms with Gasteiger partial charge in [0.15, 0.2) is 10.0 Å². The molecule has 1 unspecified atom stereocenters. The molecule has 14 heavy (non-hydrogen) atoms. The lowest BCUT2D eigenvalue weighted by Crippen LogP contribution is -2.01. The van der Waals surface area contributed by atoms with E-state index in [1.807, 2.05) is 6.92 Å². The van der Waals surface area contributed by atoms with E-state index in [0.29, 0.717) is 4.34 Å². The average Bonchev–Trinajstić information content (AvgIpc) is 2.70. The van der Waals surface area contributed by atoms with Crippen LogP contribution in [-0.4, -0.2) is 9.97 Å². The minimum Gasteiger partial charge on any atom is -0.323 e. The fourth-order valence-electron chi connectivity index (χ4n) is 0.949. The van der Waals surface area contributed by atoms with Gasteiger partial charge in [-0.3, -0.25) is 0 Å². The molecule has 2 N–H and O–H groups in total. The molecule has 3 nitrogen and oxygen atoms in total. The van der Waals surface area contributed by atoms with Gasteiger partial charge in [0.1, 0.15) is 4.34 Å². The monoisotopic (exact) mass is 245 g/mol. The van der Waals surface area contributed by atoms with Crippen LogP contribution in [0.25, 0.3) is 10.0 Å². The van der Waals surface area contributed by atoms with Crippen molar-refractivity contribution < 1.29 is 0 Å². The fraction of sp³-hybridized carbons (Fsp3) is 0.250. The molecule has 2 aromatic heterocycles. The van der Waals surface area contributed by atoms with Gasteiger partial charge < -0.3 is 5.73 Å². The van der Waals surface area contributed by atoms with E-state index >= 15 is 0 Å². The lowest BCUT2D eigenvalue weighted by atomic mass is 10.3. The predicted molar refractivity (Wildman–Crippen MR) is 60.8 cm³/mol. The Kier molecular flexibility index (Phi) is 2.83. The Morgan fingerprint density at radius 2 is 1.93 bits per heavy atom. The van der Waals surface area contributed by atoms with Crippen LogP contribution in [0.3, 0.4) is 0 Å². The van der Waals surface area contributed by atoms with Crippen molar-refractivity contribution in [2.75, 3.05) is 0 Å². The zero-order valence-corrected chi connectivity index (χ0v) is 9.79. The van der Waals surface area contributed by atoms with Crippen LogP contribution in [0.4, 0.5) is 0 Å². The van der Waals surface area contributed by atoms with Gasteiger partial charge in [0.05, 0.1) is 6.20 Å². The van der Waals surface area contributed by atoms with Gasteiger partial charge in [0.2, 0.25) is 0 Å². The first kappa shape index (κ1) is 10.0. The van der Waals surface area contributed by atoms with E-state index < -0.39 is 0 Å². The first-order valence-electron chi connectivity index (χ1n) is 4.00. The smallest absolute Gasteiger partial charge is 0.153 e. The van der Waals surface area contributed by atoms with Gasteiger partial charge in [0.25, 0.3) is 0 Å². The highest BCUT2D eigenvalue weighted by Crippen LogP contribution is 2.32. The summed E-state index contributed by atoms with van der Waals surface area (Å²) >= 11 is 8.78. The largest absolute Gasteiger partial charge is 0.323 e. The Hall–Kier alpha value is -0.490. The summed E-state index contributed by atoms with van der Waals surface area (Å²) in [5.41, 5.74) is 5.74. The number of nitrogens with zero attached hydrogens (tertiary/aromatic N) is 2. The molecule has 0 saturated heterocycles. The molecular formula is C8H8ClN3S2. The molecule has 0 aliphatic rings. The first-order chi connectivity index (χ1) is 6.66. The molecule has 0 radical (unpaired) electrons. The predicted octanol–water partition coefficient (Wildman–Crippen LogP) is 2.94. The van der Waals surface area contributed by atoms with Gasteiger partial charge in [-0.1, -0.05) is 22.9 Å². The number of hydrogen-bond acceptors (Lipinski definition) is 5. The molecule has 0 aliphatic heterocycles. The second kappa shape index (κ2) is 3.94. The molecule has 0 spiro atoms. The molecule has 74 valence electrons. The van der Waals surface area contributed by atoms with Gasteiger partial charge >= 0.3 is 0 Å². The summed E-state index contributed by atoms with van der Waals surface area (Å²) in [7, 11) is 0. The summed E-state index contributed by atoms with van der Waals surface area (Å²) in [6, 6.07) is 0.0247. The van der Waals surface area contributed by atoms with Crippen molar-refractivity contribution in [3.05, 3.63) is 21.6 Å². The normalized spacial score (nSPS) is 13.1. The third kappa shape index (κ3) is 1.95. The molecule has 0 saturated carbocycles. The summed E-state index contributed by atoms with van der Waals surface area (Å²) in [4.78, 5) is 9.46. The highest BCUT2D eigenvalue weighted by atomic mass is 35.5. The Bertz CT molecular complexity index is 435. The highest BCUT2D eigenvalue weighted by Gasteiger charge is 2.10. The highest BCUT2D eigenvalue weighted by molar-refractivity contribution is 7.23. The van der Waals surface area contributed by atoms with E-state index in [9.17, 15) is 0 Å². The summed E-state index contributed by atoms with van der Waals surface area (Å²) in [5.74, 6) is 0. The van der Waals surface area contributed by atoms with Crippen molar-refractivity contribution in [2.45, 2.75) is 13.0 Å².